The monoisotopic (exact) mass is 368 g/mol. The van der Waals surface area contributed by atoms with E-state index in [-0.39, 0.29) is 5.41 Å². The topological polar surface area (TPSA) is 49.3 Å². The quantitative estimate of drug-likeness (QED) is 0.584. The van der Waals surface area contributed by atoms with Crippen LogP contribution in [0.5, 0.6) is 0 Å². The molecule has 0 aliphatic heterocycles. The molecule has 0 amide bonds. The normalized spacial score (nSPS) is 22.0. The van der Waals surface area contributed by atoms with Crippen molar-refractivity contribution in [3.63, 3.8) is 0 Å². The second-order valence-electron chi connectivity index (χ2n) is 7.30. The predicted molar refractivity (Wildman–Crippen MR) is 108 cm³/mol. The van der Waals surface area contributed by atoms with E-state index in [0.717, 1.165) is 28.5 Å². The van der Waals surface area contributed by atoms with E-state index in [4.69, 9.17) is 9.98 Å². The third-order valence-electron chi connectivity index (χ3n) is 4.16. The van der Waals surface area contributed by atoms with Gasteiger partial charge in [-0.15, -0.1) is 11.3 Å². The highest BCUT2D eigenvalue weighted by Gasteiger charge is 2.25. The molecule has 2 rings (SSSR count). The summed E-state index contributed by atoms with van der Waals surface area (Å²) in [5.41, 5.74) is 1.27. The molecule has 0 radical (unpaired) electrons. The van der Waals surface area contributed by atoms with Crippen molar-refractivity contribution in [2.75, 3.05) is 12.3 Å². The van der Waals surface area contributed by atoms with Gasteiger partial charge >= 0.3 is 0 Å². The van der Waals surface area contributed by atoms with E-state index >= 15 is 0 Å². The molecule has 1 saturated carbocycles. The van der Waals surface area contributed by atoms with Crippen LogP contribution in [0.15, 0.2) is 10.4 Å². The molecular formula is C18H32N4S2. The van der Waals surface area contributed by atoms with Crippen molar-refractivity contribution >= 4 is 29.1 Å². The molecule has 1 aliphatic rings. The Kier molecular flexibility index (Phi) is 7.41. The number of hydrogen-bond acceptors (Lipinski definition) is 4. The van der Waals surface area contributed by atoms with E-state index in [1.54, 1.807) is 11.3 Å². The number of rotatable bonds is 6. The molecule has 4 nitrogen and oxygen atoms in total. The van der Waals surface area contributed by atoms with E-state index in [1.165, 1.54) is 25.0 Å². The molecule has 24 heavy (non-hydrogen) atoms. The summed E-state index contributed by atoms with van der Waals surface area (Å²) in [6, 6.07) is 0.549. The van der Waals surface area contributed by atoms with Crippen molar-refractivity contribution < 1.29 is 0 Å². The first-order chi connectivity index (χ1) is 11.4. The first-order valence-corrected chi connectivity index (χ1v) is 11.0. The van der Waals surface area contributed by atoms with E-state index < -0.39 is 0 Å². The molecule has 1 aliphatic carbocycles. The first kappa shape index (κ1) is 19.6. The Morgan fingerprint density at radius 2 is 2.17 bits per heavy atom. The Hall–Kier alpha value is -0.750. The van der Waals surface area contributed by atoms with Gasteiger partial charge in [-0.05, 0) is 31.9 Å². The van der Waals surface area contributed by atoms with Crippen LogP contribution in [0, 0.1) is 0 Å². The van der Waals surface area contributed by atoms with Gasteiger partial charge in [0.1, 0.15) is 5.01 Å². The molecule has 0 bridgehead atoms. The number of thioether (sulfide) groups is 1. The molecule has 2 unspecified atom stereocenters. The molecular weight excluding hydrogens is 336 g/mol. The van der Waals surface area contributed by atoms with Gasteiger partial charge in [-0.3, -0.25) is 0 Å². The van der Waals surface area contributed by atoms with Crippen molar-refractivity contribution in [2.24, 2.45) is 4.99 Å². The minimum absolute atomic E-state index is 0.108. The molecule has 0 aromatic carbocycles. The van der Waals surface area contributed by atoms with Crippen molar-refractivity contribution in [1.82, 2.24) is 15.6 Å². The summed E-state index contributed by atoms with van der Waals surface area (Å²) >= 11 is 3.80. The van der Waals surface area contributed by atoms with E-state index in [0.29, 0.717) is 12.6 Å². The van der Waals surface area contributed by atoms with Crippen LogP contribution in [0.3, 0.4) is 0 Å². The zero-order valence-corrected chi connectivity index (χ0v) is 17.3. The highest BCUT2D eigenvalue weighted by molar-refractivity contribution is 7.99. The summed E-state index contributed by atoms with van der Waals surface area (Å²) in [6.45, 7) is 12.5. The number of nitrogens with one attached hydrogen (secondary N) is 2. The van der Waals surface area contributed by atoms with Gasteiger partial charge in [0.2, 0.25) is 0 Å². The van der Waals surface area contributed by atoms with Crippen LogP contribution in [-0.4, -0.2) is 34.5 Å². The Morgan fingerprint density at radius 1 is 1.38 bits per heavy atom. The molecule has 1 aromatic heterocycles. The molecule has 2 N–H and O–H groups in total. The number of aromatic nitrogens is 1. The van der Waals surface area contributed by atoms with Crippen LogP contribution in [-0.2, 0) is 12.0 Å². The van der Waals surface area contributed by atoms with Crippen molar-refractivity contribution in [3.05, 3.63) is 16.1 Å². The van der Waals surface area contributed by atoms with Crippen molar-refractivity contribution in [2.45, 2.75) is 77.1 Å². The van der Waals surface area contributed by atoms with Gasteiger partial charge in [0.05, 0.1) is 12.2 Å². The second kappa shape index (κ2) is 9.09. The molecule has 2 atom stereocenters. The van der Waals surface area contributed by atoms with E-state index in [1.807, 2.05) is 0 Å². The zero-order chi connectivity index (χ0) is 17.6. The lowest BCUT2D eigenvalue weighted by molar-refractivity contribution is 0.571. The molecule has 6 heteroatoms. The molecule has 1 aromatic rings. The van der Waals surface area contributed by atoms with Gasteiger partial charge in [0.15, 0.2) is 5.96 Å². The fourth-order valence-electron chi connectivity index (χ4n) is 2.85. The summed E-state index contributed by atoms with van der Waals surface area (Å²) in [5.74, 6) is 2.14. The minimum atomic E-state index is 0.108. The molecule has 136 valence electrons. The highest BCUT2D eigenvalue weighted by Crippen LogP contribution is 2.29. The van der Waals surface area contributed by atoms with Gasteiger partial charge in [-0.2, -0.15) is 11.8 Å². The van der Waals surface area contributed by atoms with Gasteiger partial charge < -0.3 is 10.6 Å². The molecule has 1 fully saturated rings. The molecule has 0 saturated heterocycles. The second-order valence-corrected chi connectivity index (χ2v) is 9.82. The summed E-state index contributed by atoms with van der Waals surface area (Å²) in [7, 11) is 0. The maximum absolute atomic E-state index is 4.75. The molecule has 0 spiro atoms. The van der Waals surface area contributed by atoms with Crippen LogP contribution < -0.4 is 10.6 Å². The van der Waals surface area contributed by atoms with E-state index in [9.17, 15) is 0 Å². The Bertz CT molecular complexity index is 533. The van der Waals surface area contributed by atoms with E-state index in [2.05, 4.69) is 62.4 Å². The summed E-state index contributed by atoms with van der Waals surface area (Å²) in [5, 5.41) is 11.0. The zero-order valence-electron chi connectivity index (χ0n) is 15.7. The van der Waals surface area contributed by atoms with Gasteiger partial charge in [0, 0.05) is 28.6 Å². The lowest BCUT2D eigenvalue weighted by Gasteiger charge is -2.17. The Morgan fingerprint density at radius 3 is 2.79 bits per heavy atom. The smallest absolute Gasteiger partial charge is 0.191 e. The standard InChI is InChI=1S/C18H32N4S2/c1-6-19-17(21-13-8-9-14(10-13)23-7-2)20-11-16-22-15(12-24-16)18(3,4)5/h12-14H,6-11H2,1-5H3,(H2,19,20,21). The summed E-state index contributed by atoms with van der Waals surface area (Å²) < 4.78 is 0. The number of guanidine groups is 1. The maximum atomic E-state index is 4.75. The first-order valence-electron chi connectivity index (χ1n) is 9.03. The predicted octanol–water partition coefficient (Wildman–Crippen LogP) is 4.17. The summed E-state index contributed by atoms with van der Waals surface area (Å²) in [6.07, 6.45) is 3.80. The van der Waals surface area contributed by atoms with Crippen LogP contribution in [0.1, 0.15) is 64.6 Å². The largest absolute Gasteiger partial charge is 0.357 e. The third kappa shape index (κ3) is 5.96. The summed E-state index contributed by atoms with van der Waals surface area (Å²) in [4.78, 5) is 9.48. The van der Waals surface area contributed by atoms with Crippen LogP contribution in [0.2, 0.25) is 0 Å². The number of aliphatic imine (C=N–C) groups is 1. The average Bonchev–Trinajstić information content (AvgIpc) is 3.14. The Labute approximate surface area is 155 Å². The van der Waals surface area contributed by atoms with Crippen LogP contribution >= 0.6 is 23.1 Å². The minimum Gasteiger partial charge on any atom is -0.357 e. The SMILES string of the molecule is CCNC(=NCc1nc(C(C)(C)C)cs1)NC1CCC(SCC)C1. The number of hydrogen-bond donors (Lipinski definition) is 2. The fourth-order valence-corrected chi connectivity index (χ4v) is 4.93. The lowest BCUT2D eigenvalue weighted by Crippen LogP contribution is -2.42. The number of thiazole rings is 1. The van der Waals surface area contributed by atoms with Gasteiger partial charge in [-0.1, -0.05) is 27.7 Å². The number of nitrogens with zero attached hydrogens (tertiary/aromatic N) is 2. The third-order valence-corrected chi connectivity index (χ3v) is 6.23. The molecule has 1 heterocycles. The van der Waals surface area contributed by atoms with Gasteiger partial charge in [0.25, 0.3) is 0 Å². The van der Waals surface area contributed by atoms with Crippen LogP contribution in [0.4, 0.5) is 0 Å². The van der Waals surface area contributed by atoms with Crippen molar-refractivity contribution in [1.29, 1.82) is 0 Å². The maximum Gasteiger partial charge on any atom is 0.191 e. The van der Waals surface area contributed by atoms with Crippen LogP contribution in [0.25, 0.3) is 0 Å². The fraction of sp³-hybridized carbons (Fsp3) is 0.778. The lowest BCUT2D eigenvalue weighted by atomic mass is 9.93. The van der Waals surface area contributed by atoms with Gasteiger partial charge in [-0.25, -0.2) is 9.98 Å². The van der Waals surface area contributed by atoms with Crippen molar-refractivity contribution in [3.8, 4) is 0 Å². The Balaban J connectivity index is 1.92. The highest BCUT2D eigenvalue weighted by atomic mass is 32.2. The average molecular weight is 369 g/mol.